The number of non-ortho nitro benzene ring substituents is 1. The molecule has 2 rings (SSSR count). The first kappa shape index (κ1) is 10.3. The Balaban J connectivity index is 2.47. The van der Waals surface area contributed by atoms with Crippen LogP contribution in [0.15, 0.2) is 24.5 Å². The molecule has 2 aromatic rings. The molecule has 0 aliphatic rings. The Hall–Kier alpha value is -2.24. The van der Waals surface area contributed by atoms with Crippen molar-refractivity contribution in [2.45, 2.75) is 13.8 Å². The molecule has 6 nitrogen and oxygen atoms in total. The standard InChI is InChI=1S/C10H10N4O2/c1-7-5-9(14(15)16)3-4-10(7)13-6-11-8(2)12-13/h3-6H,1-2H3. The number of nitrogens with zero attached hydrogens (tertiary/aromatic N) is 4. The van der Waals surface area contributed by atoms with Gasteiger partial charge in [0.25, 0.3) is 5.69 Å². The predicted octanol–water partition coefficient (Wildman–Crippen LogP) is 1.79. The SMILES string of the molecule is Cc1ncn(-c2ccc([N+](=O)[O-])cc2C)n1. The van der Waals surface area contributed by atoms with Crippen LogP contribution in [0.5, 0.6) is 0 Å². The monoisotopic (exact) mass is 218 g/mol. The lowest BCUT2D eigenvalue weighted by Crippen LogP contribution is -1.99. The molecule has 1 aromatic heterocycles. The first-order valence-electron chi connectivity index (χ1n) is 4.71. The van der Waals surface area contributed by atoms with Gasteiger partial charge < -0.3 is 0 Å². The smallest absolute Gasteiger partial charge is 0.258 e. The third kappa shape index (κ3) is 1.77. The third-order valence-electron chi connectivity index (χ3n) is 2.24. The molecule has 1 aromatic carbocycles. The van der Waals surface area contributed by atoms with Gasteiger partial charge in [0, 0.05) is 12.1 Å². The molecule has 1 heterocycles. The van der Waals surface area contributed by atoms with Crippen molar-refractivity contribution >= 4 is 5.69 Å². The fourth-order valence-electron chi connectivity index (χ4n) is 1.47. The zero-order chi connectivity index (χ0) is 11.7. The van der Waals surface area contributed by atoms with Crippen LogP contribution in [-0.2, 0) is 0 Å². The van der Waals surface area contributed by atoms with Crippen molar-refractivity contribution in [2.75, 3.05) is 0 Å². The van der Waals surface area contributed by atoms with E-state index in [0.717, 1.165) is 11.3 Å². The molecule has 0 fully saturated rings. The minimum Gasteiger partial charge on any atom is -0.258 e. The van der Waals surface area contributed by atoms with Crippen molar-refractivity contribution in [3.63, 3.8) is 0 Å². The molecule has 0 saturated carbocycles. The lowest BCUT2D eigenvalue weighted by molar-refractivity contribution is -0.384. The predicted molar refractivity (Wildman–Crippen MR) is 57.5 cm³/mol. The zero-order valence-electron chi connectivity index (χ0n) is 8.91. The highest BCUT2D eigenvalue weighted by molar-refractivity contribution is 5.47. The lowest BCUT2D eigenvalue weighted by atomic mass is 10.2. The van der Waals surface area contributed by atoms with Gasteiger partial charge in [0.2, 0.25) is 0 Å². The number of nitro groups is 1. The van der Waals surface area contributed by atoms with Gasteiger partial charge in [-0.3, -0.25) is 10.1 Å². The van der Waals surface area contributed by atoms with Gasteiger partial charge in [-0.05, 0) is 25.5 Å². The molecule has 0 bridgehead atoms. The van der Waals surface area contributed by atoms with E-state index in [0.29, 0.717) is 5.82 Å². The van der Waals surface area contributed by atoms with Crippen LogP contribution in [-0.4, -0.2) is 19.7 Å². The number of hydrogen-bond donors (Lipinski definition) is 0. The topological polar surface area (TPSA) is 73.8 Å². The van der Waals surface area contributed by atoms with Crippen molar-refractivity contribution in [1.82, 2.24) is 14.8 Å². The molecule has 16 heavy (non-hydrogen) atoms. The molecule has 0 N–H and O–H groups in total. The quantitative estimate of drug-likeness (QED) is 0.569. The van der Waals surface area contributed by atoms with Crippen LogP contribution in [0.2, 0.25) is 0 Å². The first-order chi connectivity index (χ1) is 7.58. The van der Waals surface area contributed by atoms with Crippen LogP contribution in [0.4, 0.5) is 5.69 Å². The molecule has 82 valence electrons. The average molecular weight is 218 g/mol. The molecule has 0 radical (unpaired) electrons. The summed E-state index contributed by atoms with van der Waals surface area (Å²) in [5.41, 5.74) is 1.67. The summed E-state index contributed by atoms with van der Waals surface area (Å²) in [6.07, 6.45) is 1.59. The molecule has 0 amide bonds. The van der Waals surface area contributed by atoms with E-state index in [1.807, 2.05) is 0 Å². The Morgan fingerprint density at radius 3 is 2.62 bits per heavy atom. The highest BCUT2D eigenvalue weighted by Crippen LogP contribution is 2.19. The molecule has 0 spiro atoms. The largest absolute Gasteiger partial charge is 0.269 e. The molecule has 0 aliphatic heterocycles. The van der Waals surface area contributed by atoms with Crippen LogP contribution in [0.25, 0.3) is 5.69 Å². The minimum atomic E-state index is -0.413. The highest BCUT2D eigenvalue weighted by Gasteiger charge is 2.09. The molecule has 0 unspecified atom stereocenters. The Morgan fingerprint density at radius 1 is 1.38 bits per heavy atom. The number of hydrogen-bond acceptors (Lipinski definition) is 4. The number of rotatable bonds is 2. The van der Waals surface area contributed by atoms with Gasteiger partial charge in [-0.1, -0.05) is 0 Å². The summed E-state index contributed by atoms with van der Waals surface area (Å²) >= 11 is 0. The summed E-state index contributed by atoms with van der Waals surface area (Å²) in [7, 11) is 0. The number of nitro benzene ring substituents is 1. The van der Waals surface area contributed by atoms with Crippen LogP contribution in [0.1, 0.15) is 11.4 Å². The molecular weight excluding hydrogens is 208 g/mol. The number of benzene rings is 1. The van der Waals surface area contributed by atoms with E-state index < -0.39 is 4.92 Å². The summed E-state index contributed by atoms with van der Waals surface area (Å²) in [6, 6.07) is 4.65. The van der Waals surface area contributed by atoms with Crippen LogP contribution in [0.3, 0.4) is 0 Å². The van der Waals surface area contributed by atoms with Gasteiger partial charge in [-0.15, -0.1) is 0 Å². The van der Waals surface area contributed by atoms with Crippen molar-refractivity contribution in [1.29, 1.82) is 0 Å². The highest BCUT2D eigenvalue weighted by atomic mass is 16.6. The van der Waals surface area contributed by atoms with E-state index in [2.05, 4.69) is 10.1 Å². The maximum absolute atomic E-state index is 10.6. The fraction of sp³-hybridized carbons (Fsp3) is 0.200. The van der Waals surface area contributed by atoms with E-state index in [1.54, 1.807) is 30.9 Å². The Morgan fingerprint density at radius 2 is 2.12 bits per heavy atom. The number of aryl methyl sites for hydroxylation is 2. The molecule has 0 saturated heterocycles. The van der Waals surface area contributed by atoms with Gasteiger partial charge in [0.15, 0.2) is 0 Å². The first-order valence-corrected chi connectivity index (χ1v) is 4.71. The van der Waals surface area contributed by atoms with Crippen LogP contribution in [0, 0.1) is 24.0 Å². The average Bonchev–Trinajstić information content (AvgIpc) is 2.64. The normalized spacial score (nSPS) is 10.4. The number of aromatic nitrogens is 3. The summed E-state index contributed by atoms with van der Waals surface area (Å²) in [6.45, 7) is 3.59. The Kier molecular flexibility index (Phi) is 2.40. The van der Waals surface area contributed by atoms with E-state index in [9.17, 15) is 10.1 Å². The van der Waals surface area contributed by atoms with Crippen molar-refractivity contribution < 1.29 is 4.92 Å². The summed E-state index contributed by atoms with van der Waals surface area (Å²) in [4.78, 5) is 14.2. The Bertz CT molecular complexity index is 548. The van der Waals surface area contributed by atoms with Gasteiger partial charge >= 0.3 is 0 Å². The summed E-state index contributed by atoms with van der Waals surface area (Å²) in [5.74, 6) is 0.665. The van der Waals surface area contributed by atoms with Crippen LogP contribution < -0.4 is 0 Å². The second-order valence-corrected chi connectivity index (χ2v) is 3.46. The lowest BCUT2D eigenvalue weighted by Gasteiger charge is -2.04. The second-order valence-electron chi connectivity index (χ2n) is 3.46. The summed E-state index contributed by atoms with van der Waals surface area (Å²) < 4.78 is 1.61. The molecule has 0 aliphatic carbocycles. The fourth-order valence-corrected chi connectivity index (χ4v) is 1.47. The molecular formula is C10H10N4O2. The van der Waals surface area contributed by atoms with E-state index >= 15 is 0 Å². The van der Waals surface area contributed by atoms with Crippen molar-refractivity contribution in [3.05, 3.63) is 46.0 Å². The Labute approximate surface area is 91.7 Å². The van der Waals surface area contributed by atoms with Crippen LogP contribution >= 0.6 is 0 Å². The zero-order valence-corrected chi connectivity index (χ0v) is 8.91. The minimum absolute atomic E-state index is 0.0816. The van der Waals surface area contributed by atoms with Crippen molar-refractivity contribution in [2.24, 2.45) is 0 Å². The van der Waals surface area contributed by atoms with Gasteiger partial charge in [0.1, 0.15) is 12.2 Å². The maximum atomic E-state index is 10.6. The third-order valence-corrected chi connectivity index (χ3v) is 2.24. The van der Waals surface area contributed by atoms with Gasteiger partial charge in [0.05, 0.1) is 10.6 Å². The van der Waals surface area contributed by atoms with Gasteiger partial charge in [-0.2, -0.15) is 5.10 Å². The van der Waals surface area contributed by atoms with E-state index in [4.69, 9.17) is 0 Å². The maximum Gasteiger partial charge on any atom is 0.269 e. The van der Waals surface area contributed by atoms with E-state index in [-0.39, 0.29) is 5.69 Å². The van der Waals surface area contributed by atoms with E-state index in [1.165, 1.54) is 12.1 Å². The van der Waals surface area contributed by atoms with Crippen molar-refractivity contribution in [3.8, 4) is 5.69 Å². The molecule has 6 heteroatoms. The van der Waals surface area contributed by atoms with Gasteiger partial charge in [-0.25, -0.2) is 9.67 Å². The summed E-state index contributed by atoms with van der Waals surface area (Å²) in [5, 5.41) is 14.7. The molecule has 0 atom stereocenters. The second kappa shape index (κ2) is 3.73.